The molecule has 0 amide bonds. The van der Waals surface area contributed by atoms with Crippen molar-refractivity contribution < 1.29 is 14.6 Å². The first-order chi connectivity index (χ1) is 9.95. The normalized spacial score (nSPS) is 12.0. The van der Waals surface area contributed by atoms with Crippen LogP contribution in [0.4, 0.5) is 0 Å². The van der Waals surface area contributed by atoms with Crippen LogP contribution in [0.1, 0.15) is 22.3 Å². The number of hydrogen-bond donors (Lipinski definition) is 1. The minimum Gasteiger partial charge on any atom is -0.478 e. The van der Waals surface area contributed by atoms with Gasteiger partial charge in [-0.15, -0.1) is 0 Å². The highest BCUT2D eigenvalue weighted by Gasteiger charge is 2.21. The molecule has 0 bridgehead atoms. The molecule has 0 fully saturated rings. The van der Waals surface area contributed by atoms with Gasteiger partial charge in [-0.3, -0.25) is 0 Å². The fraction of sp³-hybridized carbons (Fsp3) is 0.278. The summed E-state index contributed by atoms with van der Waals surface area (Å²) in [7, 11) is 0. The van der Waals surface area contributed by atoms with Gasteiger partial charge in [0.1, 0.15) is 5.75 Å². The fourth-order valence-corrected chi connectivity index (χ4v) is 2.31. The van der Waals surface area contributed by atoms with Crippen LogP contribution in [-0.4, -0.2) is 17.2 Å². The molecular weight excluding hydrogens is 264 g/mol. The molecule has 0 aliphatic carbocycles. The van der Waals surface area contributed by atoms with E-state index < -0.39 is 12.1 Å². The summed E-state index contributed by atoms with van der Waals surface area (Å²) in [5, 5.41) is 9.39. The molecule has 3 nitrogen and oxygen atoms in total. The van der Waals surface area contributed by atoms with Crippen molar-refractivity contribution in [2.45, 2.75) is 33.3 Å². The van der Waals surface area contributed by atoms with E-state index in [1.165, 1.54) is 5.56 Å². The molecular formula is C18H20O3. The molecule has 0 heterocycles. The van der Waals surface area contributed by atoms with E-state index in [9.17, 15) is 9.90 Å². The van der Waals surface area contributed by atoms with Crippen molar-refractivity contribution in [2.24, 2.45) is 0 Å². The average Bonchev–Trinajstić information content (AvgIpc) is 2.40. The molecule has 2 rings (SSSR count). The highest BCUT2D eigenvalue weighted by atomic mass is 16.5. The van der Waals surface area contributed by atoms with E-state index in [-0.39, 0.29) is 0 Å². The molecule has 2 aromatic carbocycles. The number of ether oxygens (including phenoxy) is 1. The summed E-state index contributed by atoms with van der Waals surface area (Å²) in [6.45, 7) is 5.97. The molecule has 21 heavy (non-hydrogen) atoms. The molecule has 3 heteroatoms. The Morgan fingerprint density at radius 1 is 1.10 bits per heavy atom. The maximum Gasteiger partial charge on any atom is 0.345 e. The summed E-state index contributed by atoms with van der Waals surface area (Å²) in [6, 6.07) is 13.5. The Kier molecular flexibility index (Phi) is 4.63. The minimum absolute atomic E-state index is 0.357. The van der Waals surface area contributed by atoms with E-state index in [4.69, 9.17) is 4.74 Å². The number of aliphatic carboxylic acids is 1. The van der Waals surface area contributed by atoms with Crippen molar-refractivity contribution in [1.82, 2.24) is 0 Å². The lowest BCUT2D eigenvalue weighted by molar-refractivity contribution is -0.145. The van der Waals surface area contributed by atoms with E-state index in [2.05, 4.69) is 6.07 Å². The maximum absolute atomic E-state index is 11.4. The lowest BCUT2D eigenvalue weighted by Crippen LogP contribution is -2.29. The summed E-state index contributed by atoms with van der Waals surface area (Å²) in [4.78, 5) is 11.4. The van der Waals surface area contributed by atoms with Gasteiger partial charge in [-0.25, -0.2) is 4.79 Å². The summed E-state index contributed by atoms with van der Waals surface area (Å²) in [5.41, 5.74) is 4.31. The van der Waals surface area contributed by atoms with Gasteiger partial charge in [0.2, 0.25) is 0 Å². The second kappa shape index (κ2) is 6.44. The summed E-state index contributed by atoms with van der Waals surface area (Å²) >= 11 is 0. The van der Waals surface area contributed by atoms with Crippen molar-refractivity contribution in [1.29, 1.82) is 0 Å². The molecule has 110 valence electrons. The third-order valence-corrected chi connectivity index (χ3v) is 3.45. The Morgan fingerprint density at radius 3 is 2.43 bits per heavy atom. The number of carbonyl (C=O) groups is 1. The third-order valence-electron chi connectivity index (χ3n) is 3.45. The summed E-state index contributed by atoms with van der Waals surface area (Å²) in [6.07, 6.45) is -0.525. The quantitative estimate of drug-likeness (QED) is 0.911. The van der Waals surface area contributed by atoms with E-state index in [0.29, 0.717) is 12.2 Å². The SMILES string of the molecule is Cc1cccc(OC(Cc2ccc(C)cc2C)C(=O)O)c1. The van der Waals surface area contributed by atoms with Gasteiger partial charge in [-0.05, 0) is 49.6 Å². The molecule has 0 saturated heterocycles. The van der Waals surface area contributed by atoms with Crippen LogP contribution >= 0.6 is 0 Å². The van der Waals surface area contributed by atoms with Crippen LogP contribution in [0.3, 0.4) is 0 Å². The van der Waals surface area contributed by atoms with E-state index in [0.717, 1.165) is 16.7 Å². The Hall–Kier alpha value is -2.29. The van der Waals surface area contributed by atoms with E-state index in [1.54, 1.807) is 6.07 Å². The number of carboxylic acid groups (broad SMARTS) is 1. The molecule has 0 aliphatic rings. The highest BCUT2D eigenvalue weighted by molar-refractivity contribution is 5.73. The topological polar surface area (TPSA) is 46.5 Å². The average molecular weight is 284 g/mol. The van der Waals surface area contributed by atoms with Crippen molar-refractivity contribution in [2.75, 3.05) is 0 Å². The lowest BCUT2D eigenvalue weighted by atomic mass is 10.0. The van der Waals surface area contributed by atoms with Gasteiger partial charge < -0.3 is 9.84 Å². The first kappa shape index (κ1) is 15.1. The molecule has 0 aromatic heterocycles. The smallest absolute Gasteiger partial charge is 0.345 e. The van der Waals surface area contributed by atoms with Crippen molar-refractivity contribution in [3.63, 3.8) is 0 Å². The van der Waals surface area contributed by atoms with Gasteiger partial charge in [-0.1, -0.05) is 35.9 Å². The zero-order valence-corrected chi connectivity index (χ0v) is 12.6. The Bertz CT molecular complexity index is 647. The highest BCUT2D eigenvalue weighted by Crippen LogP contribution is 2.18. The van der Waals surface area contributed by atoms with Gasteiger partial charge in [0.05, 0.1) is 0 Å². The minimum atomic E-state index is -0.948. The molecule has 0 aliphatic heterocycles. The Balaban J connectivity index is 2.18. The number of carboxylic acids is 1. The van der Waals surface area contributed by atoms with Crippen LogP contribution in [0.5, 0.6) is 5.75 Å². The van der Waals surface area contributed by atoms with Gasteiger partial charge in [0.15, 0.2) is 6.10 Å². The van der Waals surface area contributed by atoms with E-state index >= 15 is 0 Å². The second-order valence-electron chi connectivity index (χ2n) is 5.40. The standard InChI is InChI=1S/C18H20O3/c1-12-5-4-6-16(10-12)21-17(18(19)20)11-15-8-7-13(2)9-14(15)3/h4-10,17H,11H2,1-3H3,(H,19,20). The van der Waals surface area contributed by atoms with Gasteiger partial charge in [0, 0.05) is 6.42 Å². The van der Waals surface area contributed by atoms with Crippen molar-refractivity contribution >= 4 is 5.97 Å². The largest absolute Gasteiger partial charge is 0.478 e. The van der Waals surface area contributed by atoms with Crippen LogP contribution in [-0.2, 0) is 11.2 Å². The molecule has 0 spiro atoms. The number of benzene rings is 2. The molecule has 1 unspecified atom stereocenters. The van der Waals surface area contributed by atoms with Crippen molar-refractivity contribution in [3.05, 3.63) is 64.7 Å². The number of aryl methyl sites for hydroxylation is 3. The monoisotopic (exact) mass is 284 g/mol. The van der Waals surface area contributed by atoms with E-state index in [1.807, 2.05) is 51.1 Å². The maximum atomic E-state index is 11.4. The molecule has 1 atom stereocenters. The van der Waals surface area contributed by atoms with Crippen LogP contribution in [0.15, 0.2) is 42.5 Å². The third kappa shape index (κ3) is 4.09. The first-order valence-corrected chi connectivity index (χ1v) is 6.98. The van der Waals surface area contributed by atoms with Crippen LogP contribution < -0.4 is 4.74 Å². The predicted octanol–water partition coefficient (Wildman–Crippen LogP) is 3.69. The van der Waals surface area contributed by atoms with Crippen LogP contribution in [0.2, 0.25) is 0 Å². The molecule has 1 N–H and O–H groups in total. The Labute approximate surface area is 125 Å². The fourth-order valence-electron chi connectivity index (χ4n) is 2.31. The van der Waals surface area contributed by atoms with Gasteiger partial charge >= 0.3 is 5.97 Å². The zero-order valence-electron chi connectivity index (χ0n) is 12.6. The number of rotatable bonds is 5. The summed E-state index contributed by atoms with van der Waals surface area (Å²) in [5.74, 6) is -0.358. The van der Waals surface area contributed by atoms with Crippen molar-refractivity contribution in [3.8, 4) is 5.75 Å². The zero-order chi connectivity index (χ0) is 15.4. The first-order valence-electron chi connectivity index (χ1n) is 6.98. The lowest BCUT2D eigenvalue weighted by Gasteiger charge is -2.17. The molecule has 0 saturated carbocycles. The summed E-state index contributed by atoms with van der Waals surface area (Å²) < 4.78 is 5.65. The molecule has 0 radical (unpaired) electrons. The second-order valence-corrected chi connectivity index (χ2v) is 5.40. The Morgan fingerprint density at radius 2 is 1.81 bits per heavy atom. The van der Waals surface area contributed by atoms with Crippen LogP contribution in [0, 0.1) is 20.8 Å². The predicted molar refractivity (Wildman–Crippen MR) is 82.9 cm³/mol. The molecule has 2 aromatic rings. The van der Waals surface area contributed by atoms with Gasteiger partial charge in [-0.2, -0.15) is 0 Å². The van der Waals surface area contributed by atoms with Gasteiger partial charge in [0.25, 0.3) is 0 Å². The van der Waals surface area contributed by atoms with Crippen LogP contribution in [0.25, 0.3) is 0 Å². The number of hydrogen-bond acceptors (Lipinski definition) is 2.